The van der Waals surface area contributed by atoms with E-state index in [2.05, 4.69) is 29.1 Å². The molecule has 17 heavy (non-hydrogen) atoms. The molecule has 0 aromatic heterocycles. The second-order valence-electron chi connectivity index (χ2n) is 6.20. The largest absolute Gasteiger partial charge is 0.317 e. The van der Waals surface area contributed by atoms with Gasteiger partial charge < -0.3 is 5.32 Å². The molecule has 0 radical (unpaired) electrons. The van der Waals surface area contributed by atoms with Crippen LogP contribution in [0.2, 0.25) is 0 Å². The molecule has 3 rings (SSSR count). The summed E-state index contributed by atoms with van der Waals surface area (Å²) in [6.07, 6.45) is 6.97. The Morgan fingerprint density at radius 3 is 2.65 bits per heavy atom. The lowest BCUT2D eigenvalue weighted by Crippen LogP contribution is -2.53. The van der Waals surface area contributed by atoms with Gasteiger partial charge in [0.05, 0.1) is 0 Å². The third-order valence-corrected chi connectivity index (χ3v) is 5.33. The molecule has 0 aromatic rings. The minimum atomic E-state index is 0.752. The fraction of sp³-hybridized carbons (Fsp3) is 1.00. The van der Waals surface area contributed by atoms with Crippen molar-refractivity contribution in [3.05, 3.63) is 0 Å². The van der Waals surface area contributed by atoms with Gasteiger partial charge in [0.25, 0.3) is 0 Å². The molecule has 0 spiro atoms. The van der Waals surface area contributed by atoms with Gasteiger partial charge in [0.1, 0.15) is 0 Å². The second-order valence-corrected chi connectivity index (χ2v) is 6.20. The van der Waals surface area contributed by atoms with Crippen LogP contribution in [-0.2, 0) is 0 Å². The first-order valence-electron chi connectivity index (χ1n) is 7.46. The number of piperidine rings is 1. The second kappa shape index (κ2) is 4.87. The fourth-order valence-electron chi connectivity index (χ4n) is 4.39. The summed E-state index contributed by atoms with van der Waals surface area (Å²) in [4.78, 5) is 5.56. The maximum Gasteiger partial charge on any atom is 0.0266 e. The van der Waals surface area contributed by atoms with Crippen LogP contribution in [0.1, 0.15) is 39.0 Å². The number of fused-ring (bicyclic) bond motifs is 1. The van der Waals surface area contributed by atoms with Gasteiger partial charge in [0.15, 0.2) is 0 Å². The molecule has 0 bridgehead atoms. The molecule has 4 atom stereocenters. The van der Waals surface area contributed by atoms with Crippen LogP contribution in [0.4, 0.5) is 0 Å². The molecular formula is C14H27N3. The number of nitrogens with zero attached hydrogens (tertiary/aromatic N) is 2. The van der Waals surface area contributed by atoms with Crippen LogP contribution in [0, 0.1) is 0 Å². The highest BCUT2D eigenvalue weighted by molar-refractivity contribution is 4.99. The smallest absolute Gasteiger partial charge is 0.0266 e. The summed E-state index contributed by atoms with van der Waals surface area (Å²) in [5, 5.41) is 3.45. The lowest BCUT2D eigenvalue weighted by molar-refractivity contribution is 0.0737. The maximum absolute atomic E-state index is 3.45. The van der Waals surface area contributed by atoms with Crippen molar-refractivity contribution in [1.82, 2.24) is 15.1 Å². The van der Waals surface area contributed by atoms with Crippen LogP contribution in [0.3, 0.4) is 0 Å². The van der Waals surface area contributed by atoms with Gasteiger partial charge in [0, 0.05) is 37.3 Å². The van der Waals surface area contributed by atoms with Gasteiger partial charge in [-0.05, 0) is 52.6 Å². The van der Waals surface area contributed by atoms with Gasteiger partial charge in [-0.25, -0.2) is 0 Å². The van der Waals surface area contributed by atoms with E-state index >= 15 is 0 Å². The first-order valence-corrected chi connectivity index (χ1v) is 7.46. The topological polar surface area (TPSA) is 18.5 Å². The zero-order valence-electron chi connectivity index (χ0n) is 11.4. The molecule has 3 saturated heterocycles. The van der Waals surface area contributed by atoms with E-state index in [-0.39, 0.29) is 0 Å². The molecule has 0 aromatic carbocycles. The molecule has 3 heterocycles. The minimum Gasteiger partial charge on any atom is -0.317 e. The van der Waals surface area contributed by atoms with Crippen molar-refractivity contribution >= 4 is 0 Å². The standard InChI is InChI=1S/C14H27N3/c1-11-10-12(15-2)5-9-17(11)14-6-8-16-7-3-4-13(14)16/h11-15H,3-10H2,1-2H3. The van der Waals surface area contributed by atoms with E-state index in [1.807, 2.05) is 0 Å². The molecular weight excluding hydrogens is 210 g/mol. The lowest BCUT2D eigenvalue weighted by atomic mass is 9.94. The third kappa shape index (κ3) is 2.13. The summed E-state index contributed by atoms with van der Waals surface area (Å²) in [7, 11) is 2.11. The van der Waals surface area contributed by atoms with Gasteiger partial charge in [-0.3, -0.25) is 9.80 Å². The van der Waals surface area contributed by atoms with Gasteiger partial charge in [-0.1, -0.05) is 0 Å². The first-order chi connectivity index (χ1) is 8.29. The Balaban J connectivity index is 1.64. The Kier molecular flexibility index (Phi) is 3.42. The van der Waals surface area contributed by atoms with E-state index < -0.39 is 0 Å². The Labute approximate surface area is 106 Å². The molecule has 3 heteroatoms. The number of nitrogens with one attached hydrogen (secondary N) is 1. The van der Waals surface area contributed by atoms with Gasteiger partial charge in [-0.2, -0.15) is 0 Å². The van der Waals surface area contributed by atoms with Crippen LogP contribution in [0.25, 0.3) is 0 Å². The van der Waals surface area contributed by atoms with Crippen molar-refractivity contribution in [3.8, 4) is 0 Å². The zero-order valence-corrected chi connectivity index (χ0v) is 11.4. The minimum absolute atomic E-state index is 0.752. The van der Waals surface area contributed by atoms with Crippen molar-refractivity contribution in [2.75, 3.05) is 26.7 Å². The summed E-state index contributed by atoms with van der Waals surface area (Å²) in [5.41, 5.74) is 0. The number of likely N-dealkylation sites (tertiary alicyclic amines) is 1. The zero-order chi connectivity index (χ0) is 11.8. The Morgan fingerprint density at radius 1 is 1.00 bits per heavy atom. The highest BCUT2D eigenvalue weighted by Crippen LogP contribution is 2.34. The molecule has 1 N–H and O–H groups in total. The highest BCUT2D eigenvalue weighted by Gasteiger charge is 2.42. The average molecular weight is 237 g/mol. The van der Waals surface area contributed by atoms with E-state index in [0.717, 1.165) is 24.2 Å². The van der Waals surface area contributed by atoms with Gasteiger partial charge in [-0.15, -0.1) is 0 Å². The molecule has 3 nitrogen and oxygen atoms in total. The average Bonchev–Trinajstić information content (AvgIpc) is 2.91. The number of hydrogen-bond donors (Lipinski definition) is 1. The third-order valence-electron chi connectivity index (χ3n) is 5.33. The van der Waals surface area contributed by atoms with Crippen molar-refractivity contribution < 1.29 is 0 Å². The van der Waals surface area contributed by atoms with Crippen LogP contribution in [-0.4, -0.2) is 60.6 Å². The normalized spacial score (nSPS) is 44.1. The summed E-state index contributed by atoms with van der Waals surface area (Å²) in [6, 6.07) is 3.28. The van der Waals surface area contributed by atoms with Crippen molar-refractivity contribution in [2.45, 2.75) is 63.2 Å². The number of rotatable bonds is 2. The monoisotopic (exact) mass is 237 g/mol. The van der Waals surface area contributed by atoms with E-state index in [0.29, 0.717) is 0 Å². The van der Waals surface area contributed by atoms with Crippen LogP contribution in [0.15, 0.2) is 0 Å². The van der Waals surface area contributed by atoms with E-state index in [4.69, 9.17) is 0 Å². The molecule has 3 aliphatic heterocycles. The quantitative estimate of drug-likeness (QED) is 0.781. The molecule has 4 unspecified atom stereocenters. The molecule has 3 aliphatic rings. The van der Waals surface area contributed by atoms with Gasteiger partial charge >= 0.3 is 0 Å². The SMILES string of the molecule is CNC1CCN(C2CCN3CCCC23)C(C)C1. The predicted octanol–water partition coefficient (Wildman–Crippen LogP) is 1.30. The summed E-state index contributed by atoms with van der Waals surface area (Å²) in [5.74, 6) is 0. The number of hydrogen-bond acceptors (Lipinski definition) is 3. The maximum atomic E-state index is 3.45. The molecule has 3 fully saturated rings. The lowest BCUT2D eigenvalue weighted by Gasteiger charge is -2.43. The molecule has 98 valence electrons. The molecule has 0 amide bonds. The summed E-state index contributed by atoms with van der Waals surface area (Å²) < 4.78 is 0. The Hall–Kier alpha value is -0.120. The van der Waals surface area contributed by atoms with Crippen molar-refractivity contribution in [3.63, 3.8) is 0 Å². The van der Waals surface area contributed by atoms with Crippen molar-refractivity contribution in [2.24, 2.45) is 0 Å². The molecule has 0 aliphatic carbocycles. The van der Waals surface area contributed by atoms with Crippen LogP contribution >= 0.6 is 0 Å². The van der Waals surface area contributed by atoms with Gasteiger partial charge in [0.2, 0.25) is 0 Å². The Morgan fingerprint density at radius 2 is 1.88 bits per heavy atom. The first kappa shape index (κ1) is 11.9. The van der Waals surface area contributed by atoms with E-state index in [1.54, 1.807) is 0 Å². The highest BCUT2D eigenvalue weighted by atomic mass is 15.3. The van der Waals surface area contributed by atoms with E-state index in [1.165, 1.54) is 51.7 Å². The molecule has 0 saturated carbocycles. The van der Waals surface area contributed by atoms with Crippen LogP contribution < -0.4 is 5.32 Å². The predicted molar refractivity (Wildman–Crippen MR) is 71.2 cm³/mol. The van der Waals surface area contributed by atoms with E-state index in [9.17, 15) is 0 Å². The fourth-order valence-corrected chi connectivity index (χ4v) is 4.39. The van der Waals surface area contributed by atoms with Crippen molar-refractivity contribution in [1.29, 1.82) is 0 Å². The van der Waals surface area contributed by atoms with Crippen LogP contribution in [0.5, 0.6) is 0 Å². The summed E-state index contributed by atoms with van der Waals surface area (Å²) in [6.45, 7) is 6.46. The summed E-state index contributed by atoms with van der Waals surface area (Å²) >= 11 is 0. The Bertz CT molecular complexity index is 268.